The topological polar surface area (TPSA) is 59.6 Å². The van der Waals surface area contributed by atoms with Crippen molar-refractivity contribution >= 4 is 17.4 Å². The molecule has 0 atom stereocenters. The van der Waals surface area contributed by atoms with Crippen LogP contribution >= 0.6 is 11.8 Å². The molecule has 0 saturated carbocycles. The van der Waals surface area contributed by atoms with Crippen LogP contribution in [0, 0.1) is 22.7 Å². The predicted molar refractivity (Wildman–Crippen MR) is 65.8 cm³/mol. The predicted octanol–water partition coefficient (Wildman–Crippen LogP) is 3.14. The molecule has 0 heterocycles. The number of benzene rings is 1. The first-order valence-electron chi connectivity index (χ1n) is 4.80. The molecular formula is C12H11N3S. The normalized spacial score (nSPS) is 8.69. The second-order valence-electron chi connectivity index (χ2n) is 2.86. The van der Waals surface area contributed by atoms with E-state index in [0.717, 1.165) is 16.3 Å². The van der Waals surface area contributed by atoms with E-state index in [1.54, 1.807) is 23.9 Å². The molecule has 3 nitrogen and oxygen atoms in total. The fourth-order valence-corrected chi connectivity index (χ4v) is 1.87. The molecule has 0 bridgehead atoms. The zero-order chi connectivity index (χ0) is 11.8. The van der Waals surface area contributed by atoms with Crippen LogP contribution in [0.2, 0.25) is 0 Å². The second kappa shape index (κ2) is 6.55. The van der Waals surface area contributed by atoms with Gasteiger partial charge in [0.15, 0.2) is 0 Å². The molecule has 0 aliphatic rings. The number of hydrogen-bond donors (Lipinski definition) is 1. The molecule has 0 fully saturated rings. The molecule has 0 aliphatic heterocycles. The number of allylic oxidation sites excluding steroid dienone is 1. The van der Waals surface area contributed by atoms with Crippen molar-refractivity contribution in [2.75, 3.05) is 11.1 Å². The molecule has 80 valence electrons. The van der Waals surface area contributed by atoms with Crippen molar-refractivity contribution in [1.82, 2.24) is 0 Å². The van der Waals surface area contributed by atoms with Gasteiger partial charge < -0.3 is 5.32 Å². The van der Waals surface area contributed by atoms with Gasteiger partial charge in [0.2, 0.25) is 0 Å². The lowest BCUT2D eigenvalue weighted by molar-refractivity contribution is 1.38. The third-order valence-corrected chi connectivity index (χ3v) is 2.76. The lowest BCUT2D eigenvalue weighted by Crippen LogP contribution is -1.92. The molecule has 1 aromatic rings. The number of nitrogens with zero attached hydrogens (tertiary/aromatic N) is 2. The maximum atomic E-state index is 8.59. The Labute approximate surface area is 99.4 Å². The number of rotatable bonds is 4. The molecule has 0 unspecified atom stereocenters. The minimum Gasteiger partial charge on any atom is -0.359 e. The van der Waals surface area contributed by atoms with Gasteiger partial charge in [-0.2, -0.15) is 10.5 Å². The molecule has 0 aromatic heterocycles. The summed E-state index contributed by atoms with van der Waals surface area (Å²) in [5.74, 6) is 0.978. The van der Waals surface area contributed by atoms with E-state index in [-0.39, 0.29) is 5.57 Å². The maximum absolute atomic E-state index is 8.59. The second-order valence-corrected chi connectivity index (χ2v) is 4.16. The molecule has 1 rings (SSSR count). The number of thioether (sulfide) groups is 1. The maximum Gasteiger partial charge on any atom is 0.145 e. The van der Waals surface area contributed by atoms with Crippen molar-refractivity contribution < 1.29 is 0 Å². The van der Waals surface area contributed by atoms with E-state index >= 15 is 0 Å². The van der Waals surface area contributed by atoms with Gasteiger partial charge in [0, 0.05) is 11.1 Å². The van der Waals surface area contributed by atoms with E-state index in [9.17, 15) is 0 Å². The smallest absolute Gasteiger partial charge is 0.145 e. The van der Waals surface area contributed by atoms with Crippen LogP contribution in [0.3, 0.4) is 0 Å². The van der Waals surface area contributed by atoms with Crippen LogP contribution in [0.25, 0.3) is 0 Å². The van der Waals surface area contributed by atoms with Crippen molar-refractivity contribution in [2.45, 2.75) is 11.8 Å². The molecule has 0 spiro atoms. The average molecular weight is 229 g/mol. The summed E-state index contributed by atoms with van der Waals surface area (Å²) in [7, 11) is 0. The van der Waals surface area contributed by atoms with Crippen LogP contribution in [0.15, 0.2) is 40.9 Å². The van der Waals surface area contributed by atoms with Crippen molar-refractivity contribution in [2.24, 2.45) is 0 Å². The van der Waals surface area contributed by atoms with Gasteiger partial charge in [-0.05, 0) is 17.9 Å². The first kappa shape index (κ1) is 12.2. The van der Waals surface area contributed by atoms with Crippen molar-refractivity contribution in [1.29, 1.82) is 10.5 Å². The summed E-state index contributed by atoms with van der Waals surface area (Å²) in [4.78, 5) is 1.11. The van der Waals surface area contributed by atoms with Crippen molar-refractivity contribution in [3.05, 3.63) is 36.0 Å². The summed E-state index contributed by atoms with van der Waals surface area (Å²) in [6, 6.07) is 11.4. The molecule has 1 N–H and O–H groups in total. The van der Waals surface area contributed by atoms with Gasteiger partial charge in [0.1, 0.15) is 17.7 Å². The van der Waals surface area contributed by atoms with E-state index in [1.165, 1.54) is 6.20 Å². The van der Waals surface area contributed by atoms with Gasteiger partial charge >= 0.3 is 0 Å². The molecule has 4 heteroatoms. The largest absolute Gasteiger partial charge is 0.359 e. The standard InChI is InChI=1S/C12H11N3S/c1-2-16-12-6-4-3-5-11(12)15-9-10(7-13)8-14/h3-6,9,15H,2H2,1H3. The molecule has 16 heavy (non-hydrogen) atoms. The summed E-state index contributed by atoms with van der Waals surface area (Å²) in [5.41, 5.74) is 0.980. The SMILES string of the molecule is CCSc1ccccc1NC=C(C#N)C#N. The van der Waals surface area contributed by atoms with Gasteiger partial charge in [-0.3, -0.25) is 0 Å². The van der Waals surface area contributed by atoms with Gasteiger partial charge in [0.05, 0.1) is 5.69 Å². The molecule has 0 aliphatic carbocycles. The summed E-state index contributed by atoms with van der Waals surface area (Å²) >= 11 is 1.71. The van der Waals surface area contributed by atoms with E-state index in [0.29, 0.717) is 0 Å². The number of para-hydroxylation sites is 1. The quantitative estimate of drug-likeness (QED) is 0.636. The van der Waals surface area contributed by atoms with Gasteiger partial charge in [0.25, 0.3) is 0 Å². The number of nitriles is 2. The Morgan fingerprint density at radius 2 is 2.06 bits per heavy atom. The zero-order valence-corrected chi connectivity index (χ0v) is 9.71. The van der Waals surface area contributed by atoms with Crippen LogP contribution < -0.4 is 5.32 Å². The van der Waals surface area contributed by atoms with E-state index < -0.39 is 0 Å². The minimum atomic E-state index is 0.0660. The Balaban J connectivity index is 2.86. The third kappa shape index (κ3) is 3.34. The van der Waals surface area contributed by atoms with Crippen LogP contribution in [0.5, 0.6) is 0 Å². The van der Waals surface area contributed by atoms with Crippen LogP contribution in [0.1, 0.15) is 6.92 Å². The van der Waals surface area contributed by atoms with Crippen LogP contribution in [-0.2, 0) is 0 Å². The molecule has 1 aromatic carbocycles. The Bertz CT molecular complexity index is 450. The van der Waals surface area contributed by atoms with E-state index in [4.69, 9.17) is 10.5 Å². The highest BCUT2D eigenvalue weighted by Crippen LogP contribution is 2.26. The fraction of sp³-hybridized carbons (Fsp3) is 0.167. The summed E-state index contributed by atoms with van der Waals surface area (Å²) in [5, 5.41) is 20.2. The Morgan fingerprint density at radius 1 is 1.38 bits per heavy atom. The van der Waals surface area contributed by atoms with Gasteiger partial charge in [-0.1, -0.05) is 19.1 Å². The van der Waals surface area contributed by atoms with Gasteiger partial charge in [-0.25, -0.2) is 0 Å². The average Bonchev–Trinajstić information content (AvgIpc) is 2.33. The van der Waals surface area contributed by atoms with Crippen molar-refractivity contribution in [3.63, 3.8) is 0 Å². The lowest BCUT2D eigenvalue weighted by Gasteiger charge is -2.06. The molecular weight excluding hydrogens is 218 g/mol. The monoisotopic (exact) mass is 229 g/mol. The van der Waals surface area contributed by atoms with E-state index in [1.807, 2.05) is 24.3 Å². The molecule has 0 amide bonds. The summed E-state index contributed by atoms with van der Waals surface area (Å²) in [6.07, 6.45) is 1.43. The van der Waals surface area contributed by atoms with Crippen LogP contribution in [-0.4, -0.2) is 5.75 Å². The Morgan fingerprint density at radius 3 is 2.69 bits per heavy atom. The van der Waals surface area contributed by atoms with Gasteiger partial charge in [-0.15, -0.1) is 11.8 Å². The molecule has 0 radical (unpaired) electrons. The zero-order valence-electron chi connectivity index (χ0n) is 8.90. The first-order chi connectivity index (χ1) is 7.81. The van der Waals surface area contributed by atoms with Crippen LogP contribution in [0.4, 0.5) is 5.69 Å². The first-order valence-corrected chi connectivity index (χ1v) is 5.79. The highest BCUT2D eigenvalue weighted by Gasteiger charge is 1.99. The number of nitrogens with one attached hydrogen (secondary N) is 1. The summed E-state index contributed by atoms with van der Waals surface area (Å²) in [6.45, 7) is 2.08. The minimum absolute atomic E-state index is 0.0660. The number of hydrogen-bond acceptors (Lipinski definition) is 4. The van der Waals surface area contributed by atoms with E-state index in [2.05, 4.69) is 12.2 Å². The van der Waals surface area contributed by atoms with Crippen molar-refractivity contribution in [3.8, 4) is 12.1 Å². The third-order valence-electron chi connectivity index (χ3n) is 1.80. The Hall–Kier alpha value is -1.91. The number of anilines is 1. The highest BCUT2D eigenvalue weighted by molar-refractivity contribution is 7.99. The lowest BCUT2D eigenvalue weighted by atomic mass is 10.3. The summed E-state index contributed by atoms with van der Waals surface area (Å²) < 4.78 is 0. The molecule has 0 saturated heterocycles. The fourth-order valence-electron chi connectivity index (χ4n) is 1.11. The Kier molecular flexibility index (Phi) is 4.98. The highest BCUT2D eigenvalue weighted by atomic mass is 32.2.